The smallest absolute Gasteiger partial charge is 0.243 e. The molecule has 0 aromatic heterocycles. The Balaban J connectivity index is 2.11. The number of methoxy groups -OCH3 is 1. The van der Waals surface area contributed by atoms with Crippen molar-refractivity contribution < 1.29 is 13.2 Å². The van der Waals surface area contributed by atoms with Crippen LogP contribution in [0, 0.1) is 5.92 Å². The van der Waals surface area contributed by atoms with Crippen molar-refractivity contribution >= 4 is 10.0 Å². The molecule has 22 heavy (non-hydrogen) atoms. The minimum absolute atomic E-state index is 0.0286. The van der Waals surface area contributed by atoms with Crippen molar-refractivity contribution in [3.05, 3.63) is 29.8 Å². The number of sulfonamides is 1. The fraction of sp³-hybridized carbons (Fsp3) is 0.647. The molecule has 1 heterocycles. The number of ether oxygens (including phenoxy) is 1. The first-order valence-electron chi connectivity index (χ1n) is 7.85. The van der Waals surface area contributed by atoms with Crippen LogP contribution in [-0.4, -0.2) is 39.5 Å². The lowest BCUT2D eigenvalue weighted by Crippen LogP contribution is -2.39. The Morgan fingerprint density at radius 2 is 1.68 bits per heavy atom. The number of hydrogen-bond donors (Lipinski definition) is 0. The average molecular weight is 325 g/mol. The van der Waals surface area contributed by atoms with Crippen LogP contribution in [0.3, 0.4) is 0 Å². The van der Waals surface area contributed by atoms with Gasteiger partial charge in [-0.05, 0) is 41.9 Å². The van der Waals surface area contributed by atoms with Gasteiger partial charge in [-0.25, -0.2) is 8.42 Å². The molecule has 1 saturated heterocycles. The van der Waals surface area contributed by atoms with Gasteiger partial charge >= 0.3 is 0 Å². The van der Waals surface area contributed by atoms with Gasteiger partial charge < -0.3 is 4.74 Å². The first-order valence-corrected chi connectivity index (χ1v) is 9.29. The van der Waals surface area contributed by atoms with E-state index in [1.165, 1.54) is 0 Å². The third-order valence-corrected chi connectivity index (χ3v) is 6.25. The Kier molecular flexibility index (Phi) is 5.30. The van der Waals surface area contributed by atoms with Gasteiger partial charge in [-0.2, -0.15) is 4.31 Å². The van der Waals surface area contributed by atoms with Gasteiger partial charge in [0.1, 0.15) is 0 Å². The Morgan fingerprint density at radius 3 is 2.14 bits per heavy atom. The summed E-state index contributed by atoms with van der Waals surface area (Å²) in [7, 11) is -1.68. The number of rotatable bonds is 4. The van der Waals surface area contributed by atoms with Crippen LogP contribution in [-0.2, 0) is 20.2 Å². The fourth-order valence-electron chi connectivity index (χ4n) is 2.83. The second-order valence-electron chi connectivity index (χ2n) is 7.08. The Bertz CT molecular complexity index is 579. The summed E-state index contributed by atoms with van der Waals surface area (Å²) in [5.74, 6) is 0.472. The van der Waals surface area contributed by atoms with E-state index in [1.807, 2.05) is 12.1 Å². The topological polar surface area (TPSA) is 46.6 Å². The van der Waals surface area contributed by atoms with Gasteiger partial charge in [-0.1, -0.05) is 32.9 Å². The molecular formula is C17H27NO3S. The zero-order valence-electron chi connectivity index (χ0n) is 14.0. The van der Waals surface area contributed by atoms with E-state index >= 15 is 0 Å². The van der Waals surface area contributed by atoms with Crippen LogP contribution >= 0.6 is 0 Å². The highest BCUT2D eigenvalue weighted by Gasteiger charge is 2.29. The van der Waals surface area contributed by atoms with Gasteiger partial charge in [0.25, 0.3) is 0 Å². The standard InChI is InChI=1S/C17H27NO3S/c1-17(2,3)15-5-7-16(8-6-15)22(19,20)18-11-9-14(10-12-18)13-21-4/h5-8,14H,9-13H2,1-4H3. The van der Waals surface area contributed by atoms with E-state index in [0.717, 1.165) is 18.4 Å². The van der Waals surface area contributed by atoms with E-state index in [9.17, 15) is 8.42 Å². The lowest BCUT2D eigenvalue weighted by atomic mass is 9.87. The van der Waals surface area contributed by atoms with E-state index < -0.39 is 10.0 Å². The van der Waals surface area contributed by atoms with Crippen molar-refractivity contribution in [3.63, 3.8) is 0 Å². The van der Waals surface area contributed by atoms with Crippen LogP contribution in [0.1, 0.15) is 39.2 Å². The molecule has 1 fully saturated rings. The first kappa shape index (κ1) is 17.4. The lowest BCUT2D eigenvalue weighted by Gasteiger charge is -2.31. The van der Waals surface area contributed by atoms with Crippen molar-refractivity contribution in [2.45, 2.75) is 43.9 Å². The molecule has 0 N–H and O–H groups in total. The highest BCUT2D eigenvalue weighted by molar-refractivity contribution is 7.89. The van der Waals surface area contributed by atoms with Gasteiger partial charge in [0.15, 0.2) is 0 Å². The molecule has 0 bridgehead atoms. The molecule has 5 heteroatoms. The zero-order chi connectivity index (χ0) is 16.4. The molecule has 0 radical (unpaired) electrons. The van der Waals surface area contributed by atoms with E-state index in [2.05, 4.69) is 20.8 Å². The monoisotopic (exact) mass is 325 g/mol. The summed E-state index contributed by atoms with van der Waals surface area (Å²) in [5.41, 5.74) is 1.17. The summed E-state index contributed by atoms with van der Waals surface area (Å²) in [6.07, 6.45) is 1.74. The number of nitrogens with zero attached hydrogens (tertiary/aromatic N) is 1. The van der Waals surface area contributed by atoms with Crippen LogP contribution in [0.15, 0.2) is 29.2 Å². The molecule has 1 aliphatic rings. The Hall–Kier alpha value is -0.910. The molecule has 0 atom stereocenters. The summed E-state index contributed by atoms with van der Waals surface area (Å²) in [4.78, 5) is 0.394. The van der Waals surface area contributed by atoms with Crippen molar-refractivity contribution in [1.29, 1.82) is 0 Å². The maximum atomic E-state index is 12.7. The van der Waals surface area contributed by atoms with Gasteiger partial charge in [0.05, 0.1) is 4.90 Å². The van der Waals surface area contributed by atoms with Crippen LogP contribution in [0.5, 0.6) is 0 Å². The van der Waals surface area contributed by atoms with Crippen LogP contribution in [0.25, 0.3) is 0 Å². The molecule has 0 spiro atoms. The molecule has 0 saturated carbocycles. The molecule has 0 aliphatic carbocycles. The largest absolute Gasteiger partial charge is 0.384 e. The number of hydrogen-bond acceptors (Lipinski definition) is 3. The third-order valence-electron chi connectivity index (χ3n) is 4.33. The maximum absolute atomic E-state index is 12.7. The van der Waals surface area contributed by atoms with Crippen molar-refractivity contribution in [3.8, 4) is 0 Å². The summed E-state index contributed by atoms with van der Waals surface area (Å²) in [6, 6.07) is 7.31. The summed E-state index contributed by atoms with van der Waals surface area (Å²) in [6.45, 7) is 8.24. The highest BCUT2D eigenvalue weighted by Crippen LogP contribution is 2.27. The SMILES string of the molecule is COCC1CCN(S(=O)(=O)c2ccc(C(C)(C)C)cc2)CC1. The van der Waals surface area contributed by atoms with Crippen molar-refractivity contribution in [2.75, 3.05) is 26.8 Å². The van der Waals surface area contributed by atoms with E-state index in [0.29, 0.717) is 30.5 Å². The van der Waals surface area contributed by atoms with Gasteiger partial charge in [-0.15, -0.1) is 0 Å². The average Bonchev–Trinajstić information content (AvgIpc) is 2.47. The molecule has 0 unspecified atom stereocenters. The molecule has 1 aromatic rings. The first-order chi connectivity index (χ1) is 10.2. The van der Waals surface area contributed by atoms with Gasteiger partial charge in [0.2, 0.25) is 10.0 Å². The molecule has 1 aliphatic heterocycles. The quantitative estimate of drug-likeness (QED) is 0.855. The van der Waals surface area contributed by atoms with Crippen LogP contribution < -0.4 is 0 Å². The fourth-order valence-corrected chi connectivity index (χ4v) is 4.30. The summed E-state index contributed by atoms with van der Waals surface area (Å²) < 4.78 is 32.2. The second-order valence-corrected chi connectivity index (χ2v) is 9.02. The predicted octanol–water partition coefficient (Wildman–Crippen LogP) is 3.03. The molecule has 4 nitrogen and oxygen atoms in total. The highest BCUT2D eigenvalue weighted by atomic mass is 32.2. The number of piperidine rings is 1. The van der Waals surface area contributed by atoms with Gasteiger partial charge in [-0.3, -0.25) is 0 Å². The molecule has 1 aromatic carbocycles. The molecule has 124 valence electrons. The Morgan fingerprint density at radius 1 is 1.14 bits per heavy atom. The van der Waals surface area contributed by atoms with Crippen LogP contribution in [0.4, 0.5) is 0 Å². The summed E-state index contributed by atoms with van der Waals surface area (Å²) >= 11 is 0. The normalized spacial score (nSPS) is 18.5. The number of benzene rings is 1. The minimum atomic E-state index is -3.37. The molecule has 0 amide bonds. The minimum Gasteiger partial charge on any atom is -0.384 e. The summed E-state index contributed by atoms with van der Waals surface area (Å²) in [5, 5.41) is 0. The van der Waals surface area contributed by atoms with E-state index in [4.69, 9.17) is 4.74 Å². The molecule has 2 rings (SSSR count). The van der Waals surface area contributed by atoms with Crippen molar-refractivity contribution in [2.24, 2.45) is 5.92 Å². The second kappa shape index (κ2) is 6.69. The third kappa shape index (κ3) is 3.89. The Labute approximate surface area is 134 Å². The van der Waals surface area contributed by atoms with Gasteiger partial charge in [0, 0.05) is 26.8 Å². The zero-order valence-corrected chi connectivity index (χ0v) is 14.8. The lowest BCUT2D eigenvalue weighted by molar-refractivity contribution is 0.121. The van der Waals surface area contributed by atoms with Crippen LogP contribution in [0.2, 0.25) is 0 Å². The predicted molar refractivity (Wildman–Crippen MR) is 88.5 cm³/mol. The van der Waals surface area contributed by atoms with E-state index in [-0.39, 0.29) is 5.41 Å². The van der Waals surface area contributed by atoms with Crippen molar-refractivity contribution in [1.82, 2.24) is 4.31 Å². The molecular weight excluding hydrogens is 298 g/mol. The maximum Gasteiger partial charge on any atom is 0.243 e. The van der Waals surface area contributed by atoms with E-state index in [1.54, 1.807) is 23.5 Å².